The number of rotatable bonds is 4. The van der Waals surface area contributed by atoms with Gasteiger partial charge in [0.1, 0.15) is 11.3 Å². The summed E-state index contributed by atoms with van der Waals surface area (Å²) >= 11 is 0. The van der Waals surface area contributed by atoms with Crippen molar-refractivity contribution in [2.75, 3.05) is 0 Å². The molecule has 2 aromatic rings. The summed E-state index contributed by atoms with van der Waals surface area (Å²) in [5.41, 5.74) is -1.31. The summed E-state index contributed by atoms with van der Waals surface area (Å²) in [7, 11) is -4.85. The minimum Gasteiger partial charge on any atom is -0.506 e. The van der Waals surface area contributed by atoms with E-state index >= 15 is 0 Å². The van der Waals surface area contributed by atoms with Crippen LogP contribution in [0.2, 0.25) is 0 Å². The fraction of sp³-hybridized carbons (Fsp3) is 0.143. The lowest BCUT2D eigenvalue weighted by Crippen LogP contribution is -2.13. The molecule has 0 fully saturated rings. The van der Waals surface area contributed by atoms with Crippen LogP contribution in [-0.2, 0) is 6.61 Å². The van der Waals surface area contributed by atoms with Crippen LogP contribution in [0.4, 0.5) is 0 Å². The van der Waals surface area contributed by atoms with E-state index in [2.05, 4.69) is 4.98 Å². The second kappa shape index (κ2) is 6.08. The molecule has 0 unspecified atom stereocenters. The Morgan fingerprint density at radius 2 is 1.77 bits per heavy atom. The van der Waals surface area contributed by atoms with Gasteiger partial charge in [0.15, 0.2) is 0 Å². The van der Waals surface area contributed by atoms with Gasteiger partial charge in [-0.1, -0.05) is 30.3 Å². The number of aliphatic hydroxyl groups excluding tert-OH is 1. The molecule has 5 N–H and O–H groups in total. The van der Waals surface area contributed by atoms with Gasteiger partial charge in [-0.2, -0.15) is 14.7 Å². The summed E-state index contributed by atoms with van der Waals surface area (Å²) in [5, 5.41) is 19.4. The highest BCUT2D eigenvalue weighted by molar-refractivity contribution is 7.76. The highest BCUT2D eigenvalue weighted by atomic mass is 31.2. The average molecular weight is 324 g/mol. The molecule has 0 saturated heterocycles. The molecule has 0 aliphatic rings. The number of aliphatic hydroxyl groups is 1. The van der Waals surface area contributed by atoms with E-state index in [4.69, 9.17) is 0 Å². The third-order valence-electron chi connectivity index (χ3n) is 3.14. The lowest BCUT2D eigenvalue weighted by Gasteiger charge is -2.15. The maximum Gasteiger partial charge on any atom is 0.484 e. The van der Waals surface area contributed by atoms with Crippen molar-refractivity contribution in [3.63, 3.8) is 0 Å². The van der Waals surface area contributed by atoms with Gasteiger partial charge in [-0.25, -0.2) is 9.78 Å². The Labute approximate surface area is 126 Å². The van der Waals surface area contributed by atoms with Crippen LogP contribution >= 0.6 is 7.94 Å². The first kappa shape index (κ1) is 16.5. The predicted molar refractivity (Wildman–Crippen MR) is 79.9 cm³/mol. The third kappa shape index (κ3) is 2.99. The number of nitrogens with zero attached hydrogens (tertiary/aromatic N) is 1. The normalized spacial score (nSPS) is 11.5. The molecule has 0 spiro atoms. The summed E-state index contributed by atoms with van der Waals surface area (Å²) < 4.78 is 0. The predicted octanol–water partition coefficient (Wildman–Crippen LogP) is 1.13. The molecule has 0 bridgehead atoms. The van der Waals surface area contributed by atoms with Crippen molar-refractivity contribution in [1.29, 1.82) is 0 Å². The number of hydrogen-bond acceptors (Lipinski definition) is 7. The average Bonchev–Trinajstić information content (AvgIpc) is 2.48. The number of carbonyl (C=O) groups excluding carboxylic acids is 1. The summed E-state index contributed by atoms with van der Waals surface area (Å²) in [4.78, 5) is 44.0. The molecular formula is C14H15NO6P+. The number of benzene rings is 1. The zero-order valence-electron chi connectivity index (χ0n) is 11.6. The first-order valence-electron chi connectivity index (χ1n) is 6.28. The SMILES string of the molecule is Cc1nc(-c2ccccc2)c(C(=O)[P+](O)(O)O)c(CO)c1O. The zero-order valence-corrected chi connectivity index (χ0v) is 12.5. The van der Waals surface area contributed by atoms with Gasteiger partial charge >= 0.3 is 13.5 Å². The summed E-state index contributed by atoms with van der Waals surface area (Å²) in [6.07, 6.45) is 0. The van der Waals surface area contributed by atoms with Crippen LogP contribution < -0.4 is 0 Å². The van der Waals surface area contributed by atoms with Crippen molar-refractivity contribution in [3.8, 4) is 17.0 Å². The van der Waals surface area contributed by atoms with E-state index < -0.39 is 31.4 Å². The second-order valence-corrected chi connectivity index (χ2v) is 6.19. The summed E-state index contributed by atoms with van der Waals surface area (Å²) in [6.45, 7) is 0.754. The van der Waals surface area contributed by atoms with E-state index in [9.17, 15) is 29.7 Å². The van der Waals surface area contributed by atoms with E-state index in [1.54, 1.807) is 30.3 Å². The van der Waals surface area contributed by atoms with Crippen molar-refractivity contribution in [2.24, 2.45) is 0 Å². The van der Waals surface area contributed by atoms with Gasteiger partial charge in [-0.05, 0) is 6.92 Å². The number of aryl methyl sites for hydroxylation is 1. The lowest BCUT2D eigenvalue weighted by molar-refractivity contribution is 0.102. The molecule has 1 aromatic heterocycles. The van der Waals surface area contributed by atoms with Crippen LogP contribution in [0.3, 0.4) is 0 Å². The molecule has 2 rings (SSSR count). The van der Waals surface area contributed by atoms with Gasteiger partial charge < -0.3 is 10.2 Å². The van der Waals surface area contributed by atoms with E-state index in [-0.39, 0.29) is 17.0 Å². The van der Waals surface area contributed by atoms with Crippen LogP contribution in [0.5, 0.6) is 5.75 Å². The standard InChI is InChI=1S/C14H14NO6P/c1-8-13(17)10(7-16)11(14(18)22(19,20)21)12(15-8)9-5-3-2-4-6-9/h2-6,16,19-21H,7H2,1H3/p+1. The monoisotopic (exact) mass is 324 g/mol. The van der Waals surface area contributed by atoms with Gasteiger partial charge in [-0.3, -0.25) is 0 Å². The minimum absolute atomic E-state index is 0.0477. The Kier molecular flexibility index (Phi) is 4.55. The maximum atomic E-state index is 12.1. The van der Waals surface area contributed by atoms with Crippen LogP contribution in [0.15, 0.2) is 30.3 Å². The quantitative estimate of drug-likeness (QED) is 0.533. The molecule has 1 heterocycles. The highest BCUT2D eigenvalue weighted by Gasteiger charge is 2.47. The number of aromatic nitrogens is 1. The molecule has 0 aliphatic carbocycles. The first-order valence-corrected chi connectivity index (χ1v) is 7.93. The number of hydrogen-bond donors (Lipinski definition) is 5. The van der Waals surface area contributed by atoms with Crippen LogP contribution in [0.1, 0.15) is 21.6 Å². The van der Waals surface area contributed by atoms with Crippen molar-refractivity contribution < 1.29 is 29.7 Å². The molecule has 1 aromatic carbocycles. The fourth-order valence-electron chi connectivity index (χ4n) is 2.10. The van der Waals surface area contributed by atoms with Crippen LogP contribution in [0.25, 0.3) is 11.3 Å². The smallest absolute Gasteiger partial charge is 0.484 e. The molecule has 0 radical (unpaired) electrons. The van der Waals surface area contributed by atoms with Crippen molar-refractivity contribution in [1.82, 2.24) is 4.98 Å². The molecule has 0 saturated carbocycles. The third-order valence-corrected chi connectivity index (χ3v) is 3.91. The summed E-state index contributed by atoms with van der Waals surface area (Å²) in [5.74, 6) is -0.431. The van der Waals surface area contributed by atoms with Gasteiger partial charge in [0, 0.05) is 11.1 Å². The number of carbonyl (C=O) groups is 1. The van der Waals surface area contributed by atoms with Gasteiger partial charge in [0.2, 0.25) is 0 Å². The Balaban J connectivity index is 2.83. The molecule has 7 nitrogen and oxygen atoms in total. The minimum atomic E-state index is -4.85. The molecule has 22 heavy (non-hydrogen) atoms. The largest absolute Gasteiger partial charge is 0.506 e. The molecule has 8 heteroatoms. The number of aromatic hydroxyl groups is 1. The van der Waals surface area contributed by atoms with Gasteiger partial charge in [0.05, 0.1) is 18.0 Å². The molecular weight excluding hydrogens is 309 g/mol. The van der Waals surface area contributed by atoms with Crippen molar-refractivity contribution >= 4 is 13.5 Å². The van der Waals surface area contributed by atoms with Crippen LogP contribution in [0, 0.1) is 6.92 Å². The second-order valence-electron chi connectivity index (χ2n) is 4.65. The Morgan fingerprint density at radius 1 is 1.18 bits per heavy atom. The van der Waals surface area contributed by atoms with E-state index in [0.717, 1.165) is 0 Å². The zero-order chi connectivity index (χ0) is 16.5. The van der Waals surface area contributed by atoms with Crippen molar-refractivity contribution in [2.45, 2.75) is 13.5 Å². The lowest BCUT2D eigenvalue weighted by atomic mass is 10.00. The van der Waals surface area contributed by atoms with Crippen LogP contribution in [-0.4, -0.2) is 35.4 Å². The van der Waals surface area contributed by atoms with Gasteiger partial charge in [0.25, 0.3) is 0 Å². The first-order chi connectivity index (χ1) is 10.3. The van der Waals surface area contributed by atoms with E-state index in [0.29, 0.717) is 5.56 Å². The Hall–Kier alpha value is -1.89. The maximum absolute atomic E-state index is 12.1. The Morgan fingerprint density at radius 3 is 2.27 bits per heavy atom. The fourth-order valence-corrected chi connectivity index (χ4v) is 2.64. The Bertz CT molecular complexity index is 712. The van der Waals surface area contributed by atoms with E-state index in [1.807, 2.05) is 0 Å². The van der Waals surface area contributed by atoms with Crippen molar-refractivity contribution in [3.05, 3.63) is 47.2 Å². The molecule has 0 atom stereocenters. The molecule has 0 aliphatic heterocycles. The summed E-state index contributed by atoms with van der Waals surface area (Å²) in [6, 6.07) is 8.37. The number of pyridine rings is 1. The highest BCUT2D eigenvalue weighted by Crippen LogP contribution is 2.50. The topological polar surface area (TPSA) is 131 Å². The van der Waals surface area contributed by atoms with E-state index in [1.165, 1.54) is 6.92 Å². The van der Waals surface area contributed by atoms with Gasteiger partial charge in [-0.15, -0.1) is 0 Å². The molecule has 0 amide bonds. The molecule has 116 valence electrons.